The van der Waals surface area contributed by atoms with Gasteiger partial charge in [-0.05, 0) is 24.6 Å². The smallest absolute Gasteiger partial charge is 0.191 e. The van der Waals surface area contributed by atoms with Crippen LogP contribution in [0.4, 0.5) is 0 Å². The maximum atomic E-state index is 5.85. The minimum Gasteiger partial charge on any atom is -0.370 e. The van der Waals surface area contributed by atoms with E-state index in [1.807, 2.05) is 0 Å². The van der Waals surface area contributed by atoms with Crippen LogP contribution in [0.3, 0.4) is 0 Å². The van der Waals surface area contributed by atoms with Gasteiger partial charge in [-0.3, -0.25) is 9.89 Å². The summed E-state index contributed by atoms with van der Waals surface area (Å²) in [7, 11) is 1.74. The Bertz CT molecular complexity index is 441. The Morgan fingerprint density at radius 3 is 2.25 bits per heavy atom. The van der Waals surface area contributed by atoms with Gasteiger partial charge in [0.05, 0.1) is 0 Å². The van der Waals surface area contributed by atoms with Crippen molar-refractivity contribution in [3.63, 3.8) is 0 Å². The van der Waals surface area contributed by atoms with Gasteiger partial charge >= 0.3 is 0 Å². The van der Waals surface area contributed by atoms with Crippen LogP contribution in [0.1, 0.15) is 18.5 Å². The highest BCUT2D eigenvalue weighted by molar-refractivity contribution is 14.0. The third-order valence-electron chi connectivity index (χ3n) is 3.77. The van der Waals surface area contributed by atoms with Crippen molar-refractivity contribution in [2.75, 3.05) is 33.2 Å². The molecule has 0 aromatic heterocycles. The molecule has 2 N–H and O–H groups in total. The molecule has 0 bridgehead atoms. The van der Waals surface area contributed by atoms with E-state index < -0.39 is 0 Å². The second-order valence-electron chi connectivity index (χ2n) is 4.83. The van der Waals surface area contributed by atoms with Crippen molar-refractivity contribution < 1.29 is 0 Å². The van der Waals surface area contributed by atoms with Crippen LogP contribution in [0.5, 0.6) is 0 Å². The minimum absolute atomic E-state index is 0. The lowest BCUT2D eigenvalue weighted by atomic mass is 10.1. The summed E-state index contributed by atoms with van der Waals surface area (Å²) in [6, 6.07) is 9.01. The highest BCUT2D eigenvalue weighted by Gasteiger charge is 2.22. The fraction of sp³-hybridized carbons (Fsp3) is 0.500. The van der Waals surface area contributed by atoms with E-state index in [-0.39, 0.29) is 24.0 Å². The van der Waals surface area contributed by atoms with Gasteiger partial charge in [0.2, 0.25) is 0 Å². The summed E-state index contributed by atoms with van der Waals surface area (Å²) in [6.45, 7) is 6.20. The van der Waals surface area contributed by atoms with Crippen LogP contribution in [-0.2, 0) is 0 Å². The Balaban J connectivity index is 0.00000200. The van der Waals surface area contributed by atoms with Gasteiger partial charge < -0.3 is 10.6 Å². The molecule has 1 atom stereocenters. The van der Waals surface area contributed by atoms with Crippen molar-refractivity contribution >= 4 is 45.9 Å². The van der Waals surface area contributed by atoms with Crippen LogP contribution in [0.2, 0.25) is 0 Å². The van der Waals surface area contributed by atoms with E-state index in [2.05, 4.69) is 61.9 Å². The quantitative estimate of drug-likeness (QED) is 0.426. The first-order chi connectivity index (χ1) is 9.11. The van der Waals surface area contributed by atoms with Gasteiger partial charge in [-0.15, -0.1) is 24.0 Å². The molecule has 0 spiro atoms. The van der Waals surface area contributed by atoms with Crippen LogP contribution >= 0.6 is 39.9 Å². The van der Waals surface area contributed by atoms with Gasteiger partial charge in [0.25, 0.3) is 0 Å². The van der Waals surface area contributed by atoms with Crippen molar-refractivity contribution in [3.05, 3.63) is 34.3 Å². The number of halogens is 2. The molecule has 112 valence electrons. The molecular weight excluding hydrogens is 431 g/mol. The predicted molar refractivity (Wildman–Crippen MR) is 98.7 cm³/mol. The van der Waals surface area contributed by atoms with Crippen molar-refractivity contribution in [1.29, 1.82) is 0 Å². The largest absolute Gasteiger partial charge is 0.370 e. The number of guanidine groups is 1. The molecule has 1 aliphatic rings. The zero-order chi connectivity index (χ0) is 13.8. The molecule has 0 amide bonds. The lowest BCUT2D eigenvalue weighted by Crippen LogP contribution is -2.51. The molecule has 1 fully saturated rings. The molecule has 1 aromatic carbocycles. The third kappa shape index (κ3) is 4.33. The maximum absolute atomic E-state index is 5.85. The summed E-state index contributed by atoms with van der Waals surface area (Å²) < 4.78 is 1.13. The summed E-state index contributed by atoms with van der Waals surface area (Å²) in [5.74, 6) is 0.649. The Morgan fingerprint density at radius 2 is 1.75 bits per heavy atom. The molecule has 4 nitrogen and oxygen atoms in total. The summed E-state index contributed by atoms with van der Waals surface area (Å²) in [5, 5.41) is 0. The Morgan fingerprint density at radius 1 is 1.20 bits per heavy atom. The van der Waals surface area contributed by atoms with Gasteiger partial charge in [-0.1, -0.05) is 28.1 Å². The first-order valence-corrected chi connectivity index (χ1v) is 7.38. The Labute approximate surface area is 146 Å². The molecule has 2 rings (SSSR count). The van der Waals surface area contributed by atoms with Gasteiger partial charge in [-0.25, -0.2) is 0 Å². The number of hydrogen-bond donors (Lipinski definition) is 1. The van der Waals surface area contributed by atoms with Gasteiger partial charge in [0.15, 0.2) is 5.96 Å². The number of aliphatic imine (C=N–C) groups is 1. The van der Waals surface area contributed by atoms with E-state index in [4.69, 9.17) is 5.73 Å². The van der Waals surface area contributed by atoms with Gasteiger partial charge in [0, 0.05) is 43.7 Å². The molecule has 1 unspecified atom stereocenters. The molecule has 0 radical (unpaired) electrons. The number of piperazine rings is 1. The third-order valence-corrected chi connectivity index (χ3v) is 4.30. The van der Waals surface area contributed by atoms with Crippen molar-refractivity contribution in [3.8, 4) is 0 Å². The number of hydrogen-bond acceptors (Lipinski definition) is 2. The van der Waals surface area contributed by atoms with Crippen LogP contribution in [0, 0.1) is 0 Å². The molecule has 1 heterocycles. The topological polar surface area (TPSA) is 44.9 Å². The van der Waals surface area contributed by atoms with Crippen LogP contribution < -0.4 is 5.73 Å². The molecule has 1 saturated heterocycles. The average Bonchev–Trinajstić information content (AvgIpc) is 2.46. The highest BCUT2D eigenvalue weighted by atomic mass is 127. The fourth-order valence-corrected chi connectivity index (χ4v) is 2.70. The lowest BCUT2D eigenvalue weighted by molar-refractivity contribution is 0.140. The van der Waals surface area contributed by atoms with Crippen LogP contribution in [0.25, 0.3) is 0 Å². The summed E-state index contributed by atoms with van der Waals surface area (Å²) in [6.07, 6.45) is 0. The molecule has 20 heavy (non-hydrogen) atoms. The molecule has 1 aromatic rings. The SMILES string of the molecule is CN=C(N)N1CCN(C(C)c2ccc(Br)cc2)CC1.I. The second kappa shape index (κ2) is 8.19. The minimum atomic E-state index is 0. The standard InChI is InChI=1S/C14H21BrN4.HI/c1-11(12-3-5-13(15)6-4-12)18-7-9-19(10-8-18)14(16)17-2;/h3-6,11H,7-10H2,1-2H3,(H2,16,17);1H. The van der Waals surface area contributed by atoms with Gasteiger partial charge in [-0.2, -0.15) is 0 Å². The normalized spacial score (nSPS) is 18.6. The maximum Gasteiger partial charge on any atom is 0.191 e. The predicted octanol–water partition coefficient (Wildman–Crippen LogP) is 2.69. The van der Waals surface area contributed by atoms with Gasteiger partial charge in [0.1, 0.15) is 0 Å². The van der Waals surface area contributed by atoms with E-state index in [0.29, 0.717) is 12.0 Å². The number of rotatable bonds is 2. The average molecular weight is 453 g/mol. The first-order valence-electron chi connectivity index (χ1n) is 6.58. The summed E-state index contributed by atoms with van der Waals surface area (Å²) in [4.78, 5) is 8.68. The highest BCUT2D eigenvalue weighted by Crippen LogP contribution is 2.23. The fourth-order valence-electron chi connectivity index (χ4n) is 2.43. The van der Waals surface area contributed by atoms with Crippen LogP contribution in [-0.4, -0.2) is 49.0 Å². The Hall–Kier alpha value is -0.340. The Kier molecular flexibility index (Phi) is 7.25. The zero-order valence-corrected chi connectivity index (χ0v) is 15.8. The molecule has 0 saturated carbocycles. The second-order valence-corrected chi connectivity index (χ2v) is 5.75. The summed E-state index contributed by atoms with van der Waals surface area (Å²) in [5.41, 5.74) is 7.20. The molecule has 1 aliphatic heterocycles. The summed E-state index contributed by atoms with van der Waals surface area (Å²) >= 11 is 3.47. The molecule has 6 heteroatoms. The molecular formula is C14H22BrIN4. The van der Waals surface area contributed by atoms with E-state index in [1.54, 1.807) is 7.05 Å². The van der Waals surface area contributed by atoms with Crippen molar-refractivity contribution in [2.45, 2.75) is 13.0 Å². The van der Waals surface area contributed by atoms with Crippen molar-refractivity contribution in [1.82, 2.24) is 9.80 Å². The van der Waals surface area contributed by atoms with E-state index >= 15 is 0 Å². The monoisotopic (exact) mass is 452 g/mol. The number of benzene rings is 1. The number of nitrogens with two attached hydrogens (primary N) is 1. The van der Waals surface area contributed by atoms with E-state index in [1.165, 1.54) is 5.56 Å². The first kappa shape index (κ1) is 17.7. The van der Waals surface area contributed by atoms with Crippen LogP contribution in [0.15, 0.2) is 33.7 Å². The van der Waals surface area contributed by atoms with Crippen molar-refractivity contribution in [2.24, 2.45) is 10.7 Å². The van der Waals surface area contributed by atoms with E-state index in [9.17, 15) is 0 Å². The zero-order valence-electron chi connectivity index (χ0n) is 11.9. The lowest BCUT2D eigenvalue weighted by Gasteiger charge is -2.38. The number of nitrogens with zero attached hydrogens (tertiary/aromatic N) is 3. The van der Waals surface area contributed by atoms with E-state index in [0.717, 1.165) is 30.7 Å². The molecule has 0 aliphatic carbocycles.